The minimum Gasteiger partial charge on any atom is -0.494 e. The molecule has 174 valence electrons. The highest BCUT2D eigenvalue weighted by Gasteiger charge is 2.44. The summed E-state index contributed by atoms with van der Waals surface area (Å²) in [6.45, 7) is 7.29. The van der Waals surface area contributed by atoms with Gasteiger partial charge in [0.2, 0.25) is 0 Å². The van der Waals surface area contributed by atoms with Gasteiger partial charge in [0.25, 0.3) is 0 Å². The molecule has 1 fully saturated rings. The zero-order valence-electron chi connectivity index (χ0n) is 19.6. The van der Waals surface area contributed by atoms with Crippen LogP contribution in [0.2, 0.25) is 0 Å². The molecule has 2 aromatic rings. The van der Waals surface area contributed by atoms with Crippen LogP contribution in [0.5, 0.6) is 5.75 Å². The van der Waals surface area contributed by atoms with Crippen molar-refractivity contribution in [2.75, 3.05) is 6.61 Å². The second kappa shape index (κ2) is 9.69. The van der Waals surface area contributed by atoms with Gasteiger partial charge in [0.1, 0.15) is 11.9 Å². The molecule has 1 saturated heterocycles. The van der Waals surface area contributed by atoms with Crippen LogP contribution in [0.4, 0.5) is 0 Å². The van der Waals surface area contributed by atoms with Crippen LogP contribution >= 0.6 is 11.8 Å². The second-order valence-electron chi connectivity index (χ2n) is 9.06. The van der Waals surface area contributed by atoms with Gasteiger partial charge in [0.05, 0.1) is 18.7 Å². The summed E-state index contributed by atoms with van der Waals surface area (Å²) in [5, 5.41) is 7.96. The van der Waals surface area contributed by atoms with Crippen molar-refractivity contribution in [3.63, 3.8) is 0 Å². The first-order valence-electron chi connectivity index (χ1n) is 11.9. The second-order valence-corrected chi connectivity index (χ2v) is 10.00. The van der Waals surface area contributed by atoms with Gasteiger partial charge >= 0.3 is 0 Å². The summed E-state index contributed by atoms with van der Waals surface area (Å²) in [4.78, 5) is 2.28. The van der Waals surface area contributed by atoms with Gasteiger partial charge < -0.3 is 14.6 Å². The molecule has 2 N–H and O–H groups in total. The highest BCUT2D eigenvalue weighted by molar-refractivity contribution is 8.13. The van der Waals surface area contributed by atoms with Gasteiger partial charge in [-0.3, -0.25) is 5.43 Å². The summed E-state index contributed by atoms with van der Waals surface area (Å²) in [6, 6.07) is 15.8. The third kappa shape index (κ3) is 4.70. The first-order valence-corrected chi connectivity index (χ1v) is 12.9. The molecule has 3 aliphatic rings. The molecule has 2 aromatic carbocycles. The Morgan fingerprint density at radius 2 is 1.97 bits per heavy atom. The van der Waals surface area contributed by atoms with Crippen LogP contribution in [0.25, 0.3) is 0 Å². The third-order valence-corrected chi connectivity index (χ3v) is 7.63. The maximum atomic E-state index is 5.82. The van der Waals surface area contributed by atoms with Crippen molar-refractivity contribution in [1.29, 1.82) is 0 Å². The number of rotatable bonds is 7. The summed E-state index contributed by atoms with van der Waals surface area (Å²) in [7, 11) is 0. The molecule has 0 bridgehead atoms. The van der Waals surface area contributed by atoms with E-state index in [1.54, 1.807) is 11.8 Å². The monoisotopic (exact) mass is 463 g/mol. The molecule has 0 aromatic heterocycles. The van der Waals surface area contributed by atoms with Crippen LogP contribution in [0.15, 0.2) is 60.0 Å². The van der Waals surface area contributed by atoms with Crippen molar-refractivity contribution in [3.05, 3.63) is 77.1 Å². The highest BCUT2D eigenvalue weighted by atomic mass is 32.2. The molecule has 3 atom stereocenters. The van der Waals surface area contributed by atoms with Crippen LogP contribution < -0.4 is 15.6 Å². The number of ether oxygens (including phenoxy) is 1. The van der Waals surface area contributed by atoms with Gasteiger partial charge in [-0.1, -0.05) is 61.0 Å². The third-order valence-electron chi connectivity index (χ3n) is 6.62. The van der Waals surface area contributed by atoms with Gasteiger partial charge in [0.15, 0.2) is 5.17 Å². The van der Waals surface area contributed by atoms with Crippen molar-refractivity contribution < 1.29 is 4.74 Å². The Morgan fingerprint density at radius 1 is 1.12 bits per heavy atom. The molecule has 0 saturated carbocycles. The molecule has 0 spiro atoms. The Kier molecular flexibility index (Phi) is 6.51. The van der Waals surface area contributed by atoms with Crippen LogP contribution in [0.1, 0.15) is 54.5 Å². The molecule has 3 heterocycles. The number of fused-ring (bicyclic) bond motifs is 3. The number of aryl methyl sites for hydroxylation is 2. The van der Waals surface area contributed by atoms with Crippen molar-refractivity contribution in [3.8, 4) is 5.75 Å². The van der Waals surface area contributed by atoms with Gasteiger partial charge in [-0.25, -0.2) is 5.43 Å². The Morgan fingerprint density at radius 3 is 2.79 bits per heavy atom. The summed E-state index contributed by atoms with van der Waals surface area (Å²) < 4.78 is 5.82. The lowest BCUT2D eigenvalue weighted by Gasteiger charge is -2.36. The molecule has 6 nitrogen and oxygen atoms in total. The van der Waals surface area contributed by atoms with Crippen LogP contribution in [0.3, 0.4) is 0 Å². The number of hydrogen-bond acceptors (Lipinski definition) is 7. The Labute approximate surface area is 201 Å². The van der Waals surface area contributed by atoms with Crippen LogP contribution in [0, 0.1) is 13.8 Å². The first kappa shape index (κ1) is 22.2. The Bertz CT molecular complexity index is 1040. The fourth-order valence-corrected chi connectivity index (χ4v) is 5.63. The number of hydrazine groups is 1. The number of hydrazone groups is 1. The molecular formula is C26H33N5OS. The lowest BCUT2D eigenvalue weighted by Crippen LogP contribution is -2.54. The average Bonchev–Trinajstić information content (AvgIpc) is 3.44. The molecule has 3 unspecified atom stereocenters. The predicted molar refractivity (Wildman–Crippen MR) is 136 cm³/mol. The predicted octanol–water partition coefficient (Wildman–Crippen LogP) is 5.02. The summed E-state index contributed by atoms with van der Waals surface area (Å²) in [6.07, 6.45) is 7.67. The Hall–Kier alpha value is -2.64. The fraction of sp³-hybridized carbons (Fsp3) is 0.423. The zero-order chi connectivity index (χ0) is 22.8. The van der Waals surface area contributed by atoms with Gasteiger partial charge in [-0.15, -0.1) is 0 Å². The molecule has 0 aliphatic carbocycles. The van der Waals surface area contributed by atoms with E-state index in [9.17, 15) is 0 Å². The van der Waals surface area contributed by atoms with Gasteiger partial charge in [-0.2, -0.15) is 5.10 Å². The van der Waals surface area contributed by atoms with Crippen molar-refractivity contribution in [1.82, 2.24) is 20.8 Å². The van der Waals surface area contributed by atoms with E-state index in [-0.39, 0.29) is 12.2 Å². The van der Waals surface area contributed by atoms with E-state index in [4.69, 9.17) is 4.74 Å². The molecular weight excluding hydrogens is 430 g/mol. The lowest BCUT2D eigenvalue weighted by molar-refractivity contribution is 0.152. The van der Waals surface area contributed by atoms with E-state index in [2.05, 4.69) is 101 Å². The molecule has 5 rings (SSSR count). The van der Waals surface area contributed by atoms with E-state index >= 15 is 0 Å². The van der Waals surface area contributed by atoms with E-state index in [0.29, 0.717) is 6.04 Å². The van der Waals surface area contributed by atoms with E-state index < -0.39 is 0 Å². The normalized spacial score (nSPS) is 23.2. The van der Waals surface area contributed by atoms with E-state index in [1.807, 2.05) is 0 Å². The quantitative estimate of drug-likeness (QED) is 0.562. The molecule has 0 radical (unpaired) electrons. The fourth-order valence-electron chi connectivity index (χ4n) is 4.60. The maximum Gasteiger partial charge on any atom is 0.189 e. The van der Waals surface area contributed by atoms with E-state index in [0.717, 1.165) is 42.5 Å². The van der Waals surface area contributed by atoms with Gasteiger partial charge in [-0.05, 0) is 55.5 Å². The van der Waals surface area contributed by atoms with E-state index in [1.165, 1.54) is 22.3 Å². The highest BCUT2D eigenvalue weighted by Crippen LogP contribution is 2.36. The largest absolute Gasteiger partial charge is 0.494 e. The minimum atomic E-state index is 0.144. The molecule has 3 aliphatic heterocycles. The van der Waals surface area contributed by atoms with Crippen LogP contribution in [-0.4, -0.2) is 33.9 Å². The number of benzene rings is 2. The number of thioether (sulfide) groups is 1. The topological polar surface area (TPSA) is 52.1 Å². The van der Waals surface area contributed by atoms with Crippen molar-refractivity contribution >= 4 is 16.9 Å². The number of hydrogen-bond donors (Lipinski definition) is 2. The Balaban J connectivity index is 1.20. The number of nitrogens with one attached hydrogen (secondary N) is 2. The van der Waals surface area contributed by atoms with Gasteiger partial charge in [0, 0.05) is 18.2 Å². The summed E-state index contributed by atoms with van der Waals surface area (Å²) in [5.41, 5.74) is 12.4. The summed E-state index contributed by atoms with van der Waals surface area (Å²) >= 11 is 1.80. The average molecular weight is 464 g/mol. The standard InChI is InChI=1S/C26H33N5OS/c1-4-5-14-32-22-10-8-20(9-11-22)23-16-24-25-27-28-26(30(25)12-13-31(24)29-23)33-17-21-15-18(2)6-7-19(21)3/h6-13,15,23-25,27,29H,4-5,14,16-17H2,1-3H3. The smallest absolute Gasteiger partial charge is 0.189 e. The molecule has 0 amide bonds. The lowest BCUT2D eigenvalue weighted by atomic mass is 10.00. The van der Waals surface area contributed by atoms with Crippen molar-refractivity contribution in [2.45, 2.75) is 64.0 Å². The van der Waals surface area contributed by atoms with Crippen LogP contribution in [-0.2, 0) is 5.75 Å². The molecule has 7 heteroatoms. The van der Waals surface area contributed by atoms with Crippen molar-refractivity contribution in [2.24, 2.45) is 5.10 Å². The first-order chi connectivity index (χ1) is 16.1. The minimum absolute atomic E-state index is 0.144. The molecule has 33 heavy (non-hydrogen) atoms. The maximum absolute atomic E-state index is 5.82. The summed E-state index contributed by atoms with van der Waals surface area (Å²) in [5.74, 6) is 1.87. The SMILES string of the molecule is CCCCOc1ccc(C2CC3C4NN=C(SCc5cc(C)ccc5C)N4C=CN3N2)cc1. The zero-order valence-corrected chi connectivity index (χ0v) is 20.4. The number of nitrogens with zero attached hydrogens (tertiary/aromatic N) is 3. The number of amidine groups is 1. The number of unbranched alkanes of at least 4 members (excludes halogenated alkanes) is 1.